The van der Waals surface area contributed by atoms with Gasteiger partial charge in [-0.3, -0.25) is 0 Å². The van der Waals surface area contributed by atoms with Gasteiger partial charge in [0, 0.05) is 6.54 Å². The average molecular weight is 338 g/mol. The highest BCUT2D eigenvalue weighted by Crippen LogP contribution is 2.22. The largest absolute Gasteiger partial charge is 0.303 e. The van der Waals surface area contributed by atoms with Gasteiger partial charge in [-0.25, -0.2) is 8.42 Å². The van der Waals surface area contributed by atoms with Gasteiger partial charge < -0.3 is 10.7 Å². The van der Waals surface area contributed by atoms with E-state index in [0.29, 0.717) is 6.54 Å². The lowest BCUT2D eigenvalue weighted by molar-refractivity contribution is 0.602. The van der Waals surface area contributed by atoms with Crippen LogP contribution in [0.1, 0.15) is 5.56 Å². The van der Waals surface area contributed by atoms with Crippen molar-refractivity contribution < 1.29 is 8.42 Å². The molecule has 0 amide bonds. The summed E-state index contributed by atoms with van der Waals surface area (Å²) in [5.41, 5.74) is 1.35. The Morgan fingerprint density at radius 1 is 0.958 bits per heavy atom. The second kappa shape index (κ2) is 6.95. The predicted octanol–water partition coefficient (Wildman–Crippen LogP) is 3.09. The van der Waals surface area contributed by atoms with Crippen LogP contribution in [0.15, 0.2) is 88.7 Å². The van der Waals surface area contributed by atoms with Crippen LogP contribution >= 0.6 is 0 Å². The Bertz CT molecular complexity index is 885. The maximum absolute atomic E-state index is 12.6. The molecule has 2 N–H and O–H groups in total. The van der Waals surface area contributed by atoms with E-state index in [2.05, 4.69) is 5.32 Å². The van der Waals surface area contributed by atoms with Crippen LogP contribution in [-0.2, 0) is 16.4 Å². The van der Waals surface area contributed by atoms with Gasteiger partial charge >= 0.3 is 0 Å². The maximum Gasteiger partial charge on any atom is 0.206 e. The smallest absolute Gasteiger partial charge is 0.206 e. The number of hydrogen-bond donors (Lipinski definition) is 2. The molecule has 5 heteroatoms. The van der Waals surface area contributed by atoms with E-state index in [4.69, 9.17) is 5.41 Å². The Hall–Kier alpha value is -2.50. The molecule has 0 aromatic heterocycles. The fraction of sp³-hybridized carbons (Fsp3) is 0.105. The summed E-state index contributed by atoms with van der Waals surface area (Å²) >= 11 is 0. The van der Waals surface area contributed by atoms with E-state index in [1.54, 1.807) is 42.5 Å². The van der Waals surface area contributed by atoms with Crippen molar-refractivity contribution in [2.45, 2.75) is 17.5 Å². The molecule has 0 aliphatic heterocycles. The Morgan fingerprint density at radius 2 is 1.58 bits per heavy atom. The summed E-state index contributed by atoms with van der Waals surface area (Å²) in [6.07, 6.45) is 4.72. The van der Waals surface area contributed by atoms with Crippen molar-refractivity contribution in [1.29, 1.82) is 5.41 Å². The van der Waals surface area contributed by atoms with Gasteiger partial charge in [0.25, 0.3) is 0 Å². The summed E-state index contributed by atoms with van der Waals surface area (Å²) < 4.78 is 25.2. The molecule has 0 bridgehead atoms. The zero-order valence-electron chi connectivity index (χ0n) is 13.0. The van der Waals surface area contributed by atoms with Gasteiger partial charge in [0.05, 0.1) is 21.6 Å². The van der Waals surface area contributed by atoms with Crippen molar-refractivity contribution in [2.24, 2.45) is 0 Å². The van der Waals surface area contributed by atoms with Crippen molar-refractivity contribution in [3.05, 3.63) is 89.4 Å². The third-order valence-corrected chi connectivity index (χ3v) is 5.59. The number of rotatable bonds is 5. The molecule has 0 heterocycles. The lowest BCUT2D eigenvalue weighted by atomic mass is 10.1. The minimum Gasteiger partial charge on any atom is -0.303 e. The molecular formula is C19H18N2O2S. The summed E-state index contributed by atoms with van der Waals surface area (Å²) in [4.78, 5) is 0.390. The summed E-state index contributed by atoms with van der Waals surface area (Å²) in [7, 11) is -3.58. The van der Waals surface area contributed by atoms with Crippen LogP contribution in [0.5, 0.6) is 0 Å². The van der Waals surface area contributed by atoms with Gasteiger partial charge in [-0.2, -0.15) is 0 Å². The SMILES string of the molecule is N=C1C=C(S(=O)(=O)c2ccccc2)C=CC1NCc1ccccc1. The van der Waals surface area contributed by atoms with Crippen molar-refractivity contribution in [1.82, 2.24) is 5.32 Å². The van der Waals surface area contributed by atoms with Crippen LogP contribution < -0.4 is 5.32 Å². The Morgan fingerprint density at radius 3 is 2.21 bits per heavy atom. The number of hydrogen-bond acceptors (Lipinski definition) is 4. The standard InChI is InChI=1S/C19H18N2O2S/c20-18-13-17(24(22,23)16-9-5-2-6-10-16)11-12-19(18)21-14-15-7-3-1-4-8-15/h1-13,19-21H,14H2. The number of sulfone groups is 1. The topological polar surface area (TPSA) is 70.0 Å². The molecule has 0 spiro atoms. The highest BCUT2D eigenvalue weighted by molar-refractivity contribution is 7.95. The molecule has 0 radical (unpaired) electrons. The zero-order valence-corrected chi connectivity index (χ0v) is 13.8. The van der Waals surface area contributed by atoms with Gasteiger partial charge in [-0.1, -0.05) is 54.6 Å². The van der Waals surface area contributed by atoms with Crippen LogP contribution in [0, 0.1) is 5.41 Å². The van der Waals surface area contributed by atoms with Gasteiger partial charge in [0.1, 0.15) is 0 Å². The number of benzene rings is 2. The van der Waals surface area contributed by atoms with Gasteiger partial charge in [-0.05, 0) is 29.8 Å². The Labute approximate surface area is 142 Å². The molecule has 1 aliphatic carbocycles. The first-order valence-corrected chi connectivity index (χ1v) is 9.11. The second-order valence-electron chi connectivity index (χ2n) is 5.52. The summed E-state index contributed by atoms with van der Waals surface area (Å²) in [6.45, 7) is 0.618. The highest BCUT2D eigenvalue weighted by Gasteiger charge is 2.23. The molecule has 2 aromatic rings. The third kappa shape index (κ3) is 3.53. The molecule has 0 fully saturated rings. The van der Waals surface area contributed by atoms with E-state index < -0.39 is 9.84 Å². The minimum absolute atomic E-state index is 0.150. The van der Waals surface area contributed by atoms with Crippen molar-refractivity contribution >= 4 is 15.5 Å². The lowest BCUT2D eigenvalue weighted by Crippen LogP contribution is -2.35. The fourth-order valence-corrected chi connectivity index (χ4v) is 3.82. The summed E-state index contributed by atoms with van der Waals surface area (Å²) in [5, 5.41) is 11.4. The molecule has 1 atom stereocenters. The van der Waals surface area contributed by atoms with E-state index in [1.165, 1.54) is 6.08 Å². The molecule has 0 saturated carbocycles. The molecular weight excluding hydrogens is 320 g/mol. The zero-order chi connectivity index (χ0) is 17.0. The quantitative estimate of drug-likeness (QED) is 0.880. The van der Waals surface area contributed by atoms with Crippen LogP contribution in [0.2, 0.25) is 0 Å². The first-order valence-electron chi connectivity index (χ1n) is 7.63. The average Bonchev–Trinajstić information content (AvgIpc) is 2.62. The molecule has 122 valence electrons. The van der Waals surface area contributed by atoms with E-state index in [1.807, 2.05) is 30.3 Å². The van der Waals surface area contributed by atoms with Crippen LogP contribution in [0.4, 0.5) is 0 Å². The number of allylic oxidation sites excluding steroid dienone is 1. The first-order chi connectivity index (χ1) is 11.6. The molecule has 0 saturated heterocycles. The minimum atomic E-state index is -3.58. The van der Waals surface area contributed by atoms with E-state index >= 15 is 0 Å². The summed E-state index contributed by atoms with van der Waals surface area (Å²) in [5.74, 6) is 0. The number of nitrogens with one attached hydrogen (secondary N) is 2. The molecule has 1 unspecified atom stereocenters. The lowest BCUT2D eigenvalue weighted by Gasteiger charge is -2.19. The second-order valence-corrected chi connectivity index (χ2v) is 7.47. The van der Waals surface area contributed by atoms with E-state index in [-0.39, 0.29) is 21.6 Å². The van der Waals surface area contributed by atoms with Crippen LogP contribution in [-0.4, -0.2) is 20.2 Å². The van der Waals surface area contributed by atoms with E-state index in [9.17, 15) is 8.42 Å². The molecule has 2 aromatic carbocycles. The van der Waals surface area contributed by atoms with E-state index in [0.717, 1.165) is 5.56 Å². The molecule has 24 heavy (non-hydrogen) atoms. The fourth-order valence-electron chi connectivity index (χ4n) is 2.49. The Balaban J connectivity index is 1.72. The van der Waals surface area contributed by atoms with Crippen molar-refractivity contribution in [3.63, 3.8) is 0 Å². The van der Waals surface area contributed by atoms with Crippen LogP contribution in [0.3, 0.4) is 0 Å². The molecule has 3 rings (SSSR count). The first kappa shape index (κ1) is 16.4. The third-order valence-electron chi connectivity index (χ3n) is 3.82. The predicted molar refractivity (Wildman–Crippen MR) is 95.6 cm³/mol. The summed E-state index contributed by atoms with van der Waals surface area (Å²) in [6, 6.07) is 17.9. The van der Waals surface area contributed by atoms with Crippen LogP contribution in [0.25, 0.3) is 0 Å². The van der Waals surface area contributed by atoms with Gasteiger partial charge in [0.2, 0.25) is 9.84 Å². The van der Waals surface area contributed by atoms with Crippen molar-refractivity contribution in [3.8, 4) is 0 Å². The highest BCUT2D eigenvalue weighted by atomic mass is 32.2. The maximum atomic E-state index is 12.6. The molecule has 1 aliphatic rings. The molecule has 4 nitrogen and oxygen atoms in total. The monoisotopic (exact) mass is 338 g/mol. The Kier molecular flexibility index (Phi) is 4.74. The van der Waals surface area contributed by atoms with Crippen molar-refractivity contribution in [2.75, 3.05) is 0 Å². The van der Waals surface area contributed by atoms with Gasteiger partial charge in [-0.15, -0.1) is 0 Å². The normalized spacial score (nSPS) is 17.6. The van der Waals surface area contributed by atoms with Gasteiger partial charge in [0.15, 0.2) is 0 Å².